The lowest BCUT2D eigenvalue weighted by Crippen LogP contribution is -2.49. The van der Waals surface area contributed by atoms with Crippen molar-refractivity contribution < 1.29 is 13.6 Å². The number of carbonyl (C=O) groups is 1. The van der Waals surface area contributed by atoms with Crippen LogP contribution in [-0.2, 0) is 4.79 Å². The molecule has 1 atom stereocenters. The van der Waals surface area contributed by atoms with Crippen LogP contribution in [0, 0.1) is 18.6 Å². The summed E-state index contributed by atoms with van der Waals surface area (Å²) in [5.74, 6) is -0.686. The van der Waals surface area contributed by atoms with Crippen molar-refractivity contribution in [3.05, 3.63) is 101 Å². The largest absolute Gasteiger partial charge is 0.367 e. The van der Waals surface area contributed by atoms with E-state index in [1.165, 1.54) is 23.2 Å². The van der Waals surface area contributed by atoms with E-state index in [0.29, 0.717) is 38.3 Å². The summed E-state index contributed by atoms with van der Waals surface area (Å²) >= 11 is 0. The number of nitrogens with zero attached hydrogens (tertiary/aromatic N) is 4. The second kappa shape index (κ2) is 9.96. The van der Waals surface area contributed by atoms with Crippen molar-refractivity contribution in [2.75, 3.05) is 37.6 Å². The van der Waals surface area contributed by atoms with E-state index in [4.69, 9.17) is 5.10 Å². The van der Waals surface area contributed by atoms with Gasteiger partial charge in [-0.05, 0) is 42.3 Å². The zero-order valence-electron chi connectivity index (χ0n) is 19.7. The van der Waals surface area contributed by atoms with E-state index >= 15 is 0 Å². The third kappa shape index (κ3) is 5.10. The molecule has 1 amide bonds. The fourth-order valence-electron chi connectivity index (χ4n) is 4.83. The molecule has 1 fully saturated rings. The van der Waals surface area contributed by atoms with Crippen molar-refractivity contribution in [2.45, 2.75) is 19.4 Å². The molecule has 2 heterocycles. The molecule has 7 heteroatoms. The average Bonchev–Trinajstić information content (AvgIpc) is 3.31. The lowest BCUT2D eigenvalue weighted by molar-refractivity contribution is -0.134. The summed E-state index contributed by atoms with van der Waals surface area (Å²) in [5.41, 5.74) is 4.23. The highest BCUT2D eigenvalue weighted by Crippen LogP contribution is 2.33. The van der Waals surface area contributed by atoms with Crippen LogP contribution in [0.1, 0.15) is 29.2 Å². The Labute approximate surface area is 204 Å². The minimum absolute atomic E-state index is 0.124. The topological polar surface area (TPSA) is 39.2 Å². The Morgan fingerprint density at radius 1 is 0.943 bits per heavy atom. The van der Waals surface area contributed by atoms with Gasteiger partial charge in [0.25, 0.3) is 5.91 Å². The van der Waals surface area contributed by atoms with Crippen molar-refractivity contribution in [2.24, 2.45) is 5.10 Å². The van der Waals surface area contributed by atoms with Gasteiger partial charge in [0.05, 0.1) is 24.0 Å². The zero-order chi connectivity index (χ0) is 24.4. The van der Waals surface area contributed by atoms with Gasteiger partial charge in [-0.2, -0.15) is 5.10 Å². The van der Waals surface area contributed by atoms with Gasteiger partial charge in [-0.25, -0.2) is 13.8 Å². The highest BCUT2D eigenvalue weighted by Gasteiger charge is 2.34. The van der Waals surface area contributed by atoms with Gasteiger partial charge >= 0.3 is 0 Å². The maximum absolute atomic E-state index is 14.2. The second-order valence-electron chi connectivity index (χ2n) is 9.14. The standard InChI is InChI=1S/C28H28F2N4O/c1-20-6-4-7-21(16-20)25-18-27(22-8-5-9-23(29)17-22)34(31-25)28(35)19-32-12-14-33(15-13-32)26-11-3-2-10-24(26)30/h2-11,16-17,27H,12-15,18-19H2,1H3/t27-/m1/s1. The molecule has 3 aromatic rings. The number of hydrogen-bond acceptors (Lipinski definition) is 4. The van der Waals surface area contributed by atoms with Crippen LogP contribution < -0.4 is 4.90 Å². The maximum Gasteiger partial charge on any atom is 0.257 e. The summed E-state index contributed by atoms with van der Waals surface area (Å²) in [6.07, 6.45) is 0.527. The number of carbonyl (C=O) groups excluding carboxylic acids is 1. The van der Waals surface area contributed by atoms with E-state index < -0.39 is 0 Å². The molecule has 3 aromatic carbocycles. The summed E-state index contributed by atoms with van der Waals surface area (Å²) < 4.78 is 28.2. The second-order valence-corrected chi connectivity index (χ2v) is 9.14. The van der Waals surface area contributed by atoms with Crippen LogP contribution in [0.3, 0.4) is 0 Å². The number of hydrazone groups is 1. The molecule has 0 aromatic heterocycles. The van der Waals surface area contributed by atoms with E-state index in [0.717, 1.165) is 22.4 Å². The fraction of sp³-hybridized carbons (Fsp3) is 0.286. The Bertz CT molecular complexity index is 1250. The normalized spacial score (nSPS) is 18.6. The van der Waals surface area contributed by atoms with Gasteiger partial charge in [-0.3, -0.25) is 9.69 Å². The Hall–Kier alpha value is -3.58. The molecule has 0 unspecified atom stereocenters. The Morgan fingerprint density at radius 3 is 2.46 bits per heavy atom. The minimum Gasteiger partial charge on any atom is -0.367 e. The molecule has 2 aliphatic rings. The molecule has 0 saturated carbocycles. The molecule has 35 heavy (non-hydrogen) atoms. The van der Waals surface area contributed by atoms with E-state index in [-0.39, 0.29) is 30.1 Å². The summed E-state index contributed by atoms with van der Waals surface area (Å²) in [7, 11) is 0. The first kappa shape index (κ1) is 23.2. The van der Waals surface area contributed by atoms with Crippen molar-refractivity contribution in [1.29, 1.82) is 0 Å². The van der Waals surface area contributed by atoms with Crippen molar-refractivity contribution in [1.82, 2.24) is 9.91 Å². The average molecular weight is 475 g/mol. The molecule has 0 radical (unpaired) electrons. The van der Waals surface area contributed by atoms with Crippen LogP contribution in [-0.4, -0.2) is 54.3 Å². The van der Waals surface area contributed by atoms with Crippen molar-refractivity contribution >= 4 is 17.3 Å². The summed E-state index contributed by atoms with van der Waals surface area (Å²) in [5, 5.41) is 6.24. The molecule has 180 valence electrons. The van der Waals surface area contributed by atoms with Gasteiger partial charge in [-0.1, -0.05) is 54.1 Å². The molecule has 0 aliphatic carbocycles. The van der Waals surface area contributed by atoms with Crippen molar-refractivity contribution in [3.63, 3.8) is 0 Å². The molecule has 5 nitrogen and oxygen atoms in total. The molecule has 0 N–H and O–H groups in total. The lowest BCUT2D eigenvalue weighted by Gasteiger charge is -2.36. The molecular formula is C28H28F2N4O. The number of rotatable bonds is 5. The van der Waals surface area contributed by atoms with Crippen LogP contribution in [0.25, 0.3) is 0 Å². The first-order valence-corrected chi connectivity index (χ1v) is 11.9. The Balaban J connectivity index is 1.32. The SMILES string of the molecule is Cc1cccc(C2=NN(C(=O)CN3CCN(c4ccccc4F)CC3)[C@@H](c3cccc(F)c3)C2)c1. The number of aryl methyl sites for hydroxylation is 1. The van der Waals surface area contributed by atoms with Gasteiger partial charge in [0, 0.05) is 32.6 Å². The first-order chi connectivity index (χ1) is 17.0. The Morgan fingerprint density at radius 2 is 1.71 bits per heavy atom. The van der Waals surface area contributed by atoms with Crippen LogP contribution >= 0.6 is 0 Å². The van der Waals surface area contributed by atoms with Crippen LogP contribution in [0.4, 0.5) is 14.5 Å². The summed E-state index contributed by atoms with van der Waals surface area (Å²) in [6, 6.07) is 20.8. The molecule has 1 saturated heterocycles. The number of piperazine rings is 1. The number of hydrogen-bond donors (Lipinski definition) is 0. The monoisotopic (exact) mass is 474 g/mol. The van der Waals surface area contributed by atoms with E-state index in [1.54, 1.807) is 18.2 Å². The van der Waals surface area contributed by atoms with E-state index in [9.17, 15) is 13.6 Å². The van der Waals surface area contributed by atoms with Crippen molar-refractivity contribution in [3.8, 4) is 0 Å². The predicted octanol–water partition coefficient (Wildman–Crippen LogP) is 4.77. The number of para-hydroxylation sites is 1. The first-order valence-electron chi connectivity index (χ1n) is 11.9. The summed E-state index contributed by atoms with van der Waals surface area (Å²) in [6.45, 7) is 4.80. The zero-order valence-corrected chi connectivity index (χ0v) is 19.7. The highest BCUT2D eigenvalue weighted by molar-refractivity contribution is 6.03. The number of amides is 1. The number of anilines is 1. The van der Waals surface area contributed by atoms with Gasteiger partial charge in [-0.15, -0.1) is 0 Å². The third-order valence-corrected chi connectivity index (χ3v) is 6.67. The van der Waals surface area contributed by atoms with Crippen LogP contribution in [0.15, 0.2) is 77.9 Å². The number of benzene rings is 3. The van der Waals surface area contributed by atoms with Gasteiger partial charge < -0.3 is 4.90 Å². The predicted molar refractivity (Wildman–Crippen MR) is 133 cm³/mol. The fourth-order valence-corrected chi connectivity index (χ4v) is 4.83. The minimum atomic E-state index is -0.353. The maximum atomic E-state index is 14.2. The molecule has 0 spiro atoms. The van der Waals surface area contributed by atoms with E-state index in [2.05, 4.69) is 11.0 Å². The smallest absolute Gasteiger partial charge is 0.257 e. The molecule has 2 aliphatic heterocycles. The quantitative estimate of drug-likeness (QED) is 0.535. The molecular weight excluding hydrogens is 446 g/mol. The van der Waals surface area contributed by atoms with E-state index in [1.807, 2.05) is 42.2 Å². The van der Waals surface area contributed by atoms with Gasteiger partial charge in [0.15, 0.2) is 0 Å². The molecule has 5 rings (SSSR count). The van der Waals surface area contributed by atoms with Gasteiger partial charge in [0.2, 0.25) is 0 Å². The molecule has 0 bridgehead atoms. The van der Waals surface area contributed by atoms with Crippen LogP contribution in [0.2, 0.25) is 0 Å². The summed E-state index contributed by atoms with van der Waals surface area (Å²) in [4.78, 5) is 17.5. The highest BCUT2D eigenvalue weighted by atomic mass is 19.1. The lowest BCUT2D eigenvalue weighted by atomic mass is 9.97. The Kier molecular flexibility index (Phi) is 6.59. The number of halogens is 2. The van der Waals surface area contributed by atoms with Crippen LogP contribution in [0.5, 0.6) is 0 Å². The third-order valence-electron chi connectivity index (χ3n) is 6.67. The van der Waals surface area contributed by atoms with Gasteiger partial charge in [0.1, 0.15) is 11.6 Å².